The minimum absolute atomic E-state index is 0.0732. The number of likely N-dealkylation sites (tertiary alicyclic amines) is 1. The van der Waals surface area contributed by atoms with Gasteiger partial charge in [-0.05, 0) is 62.6 Å². The molecule has 5 aliphatic carbocycles. The van der Waals surface area contributed by atoms with Crippen LogP contribution in [-0.4, -0.2) is 103 Å². The number of methoxy groups -OCH3 is 3. The number of esters is 1. The van der Waals surface area contributed by atoms with Gasteiger partial charge in [0.2, 0.25) is 0 Å². The van der Waals surface area contributed by atoms with Crippen LogP contribution in [0.1, 0.15) is 59.7 Å². The van der Waals surface area contributed by atoms with Gasteiger partial charge in [-0.15, -0.1) is 0 Å². The zero-order chi connectivity index (χ0) is 33.8. The number of ether oxygens (including phenoxy) is 4. The van der Waals surface area contributed by atoms with Crippen molar-refractivity contribution < 1.29 is 38.7 Å². The predicted molar refractivity (Wildman–Crippen MR) is 177 cm³/mol. The highest BCUT2D eigenvalue weighted by molar-refractivity contribution is 6.31. The van der Waals surface area contributed by atoms with E-state index in [9.17, 15) is 19.8 Å². The second-order valence-corrected chi connectivity index (χ2v) is 15.4. The lowest BCUT2D eigenvalue weighted by Crippen LogP contribution is -2.83. The van der Waals surface area contributed by atoms with Crippen molar-refractivity contribution in [1.29, 1.82) is 0 Å². The SMILES string of the molecule is CCN1C[C@]2(OC(=O)c3ccccc3NC(=O)c3cccc(Cl)c3)CC[C@H](OC)[C@]34C1[C@H](C[C@H]23)[C@@]1(O)C[C@H](OC)[C@H]2C[C@@H]4[C@]1(O)[C@H]2OC. The van der Waals surface area contributed by atoms with E-state index in [2.05, 4.69) is 17.1 Å². The number of hydrogen-bond acceptors (Lipinski definition) is 9. The van der Waals surface area contributed by atoms with Crippen LogP contribution in [0.15, 0.2) is 48.5 Å². The maximum atomic E-state index is 14.4. The van der Waals surface area contributed by atoms with Crippen molar-refractivity contribution >= 4 is 29.2 Å². The number of likely N-dealkylation sites (N-methyl/N-ethyl adjacent to an activating group) is 1. The molecule has 8 rings (SSSR count). The van der Waals surface area contributed by atoms with Gasteiger partial charge in [0.05, 0.1) is 29.6 Å². The summed E-state index contributed by atoms with van der Waals surface area (Å²) in [6.07, 6.45) is 1.70. The predicted octanol–water partition coefficient (Wildman–Crippen LogP) is 4.17. The lowest BCUT2D eigenvalue weighted by Gasteiger charge is -2.70. The maximum absolute atomic E-state index is 14.4. The second-order valence-electron chi connectivity index (χ2n) is 15.0. The van der Waals surface area contributed by atoms with Crippen molar-refractivity contribution in [2.45, 2.75) is 80.2 Å². The van der Waals surface area contributed by atoms with Gasteiger partial charge in [-0.2, -0.15) is 0 Å². The fourth-order valence-electron chi connectivity index (χ4n) is 12.2. The van der Waals surface area contributed by atoms with E-state index in [1.807, 2.05) is 0 Å². The first kappa shape index (κ1) is 32.6. The van der Waals surface area contributed by atoms with Crippen LogP contribution in [0.4, 0.5) is 5.69 Å². The molecule has 0 aromatic heterocycles. The molecule has 2 aromatic rings. The topological polar surface area (TPSA) is 127 Å². The van der Waals surface area contributed by atoms with Crippen molar-refractivity contribution in [3.63, 3.8) is 0 Å². The number of rotatable bonds is 8. The number of halogens is 1. The van der Waals surface area contributed by atoms with Crippen LogP contribution >= 0.6 is 11.6 Å². The number of piperidine rings is 1. The van der Waals surface area contributed by atoms with E-state index >= 15 is 0 Å². The summed E-state index contributed by atoms with van der Waals surface area (Å²) >= 11 is 6.13. The van der Waals surface area contributed by atoms with E-state index in [-0.39, 0.29) is 53.4 Å². The first-order valence-electron chi connectivity index (χ1n) is 17.2. The van der Waals surface area contributed by atoms with Gasteiger partial charge in [0.15, 0.2) is 0 Å². The molecule has 1 unspecified atom stereocenters. The summed E-state index contributed by atoms with van der Waals surface area (Å²) in [5.74, 6) is -1.83. The molecule has 3 N–H and O–H groups in total. The van der Waals surface area contributed by atoms with Crippen molar-refractivity contribution in [1.82, 2.24) is 4.90 Å². The fourth-order valence-corrected chi connectivity index (χ4v) is 12.4. The summed E-state index contributed by atoms with van der Waals surface area (Å²) in [7, 11) is 5.04. The Morgan fingerprint density at radius 1 is 1.02 bits per heavy atom. The zero-order valence-electron chi connectivity index (χ0n) is 27.9. The number of carbonyl (C=O) groups excluding carboxylic acids is 2. The number of para-hydroxylation sites is 1. The van der Waals surface area contributed by atoms with E-state index in [0.717, 1.165) is 0 Å². The number of amides is 1. The molecule has 12 atom stereocenters. The van der Waals surface area contributed by atoms with E-state index in [1.165, 1.54) is 0 Å². The summed E-state index contributed by atoms with van der Waals surface area (Å²) in [5.41, 5.74) is -3.47. The zero-order valence-corrected chi connectivity index (χ0v) is 28.6. The van der Waals surface area contributed by atoms with Crippen LogP contribution in [0.5, 0.6) is 0 Å². The lowest BCUT2D eigenvalue weighted by molar-refractivity contribution is -0.337. The minimum Gasteiger partial charge on any atom is -0.454 e. The third-order valence-electron chi connectivity index (χ3n) is 13.7. The van der Waals surface area contributed by atoms with Crippen LogP contribution in [0.3, 0.4) is 0 Å². The molecule has 1 amide bonds. The Balaban J connectivity index is 1.20. The van der Waals surface area contributed by atoms with Gasteiger partial charge in [-0.25, -0.2) is 4.79 Å². The van der Waals surface area contributed by atoms with Crippen molar-refractivity contribution in [2.75, 3.05) is 39.7 Å². The van der Waals surface area contributed by atoms with Crippen molar-refractivity contribution in [2.24, 2.45) is 29.1 Å². The van der Waals surface area contributed by atoms with Gasteiger partial charge in [0, 0.05) is 80.0 Å². The molecule has 10 nitrogen and oxygen atoms in total. The second kappa shape index (κ2) is 11.2. The number of anilines is 1. The van der Waals surface area contributed by atoms with Crippen LogP contribution < -0.4 is 5.32 Å². The lowest BCUT2D eigenvalue weighted by atomic mass is 9.44. The average molecular weight is 681 g/mol. The van der Waals surface area contributed by atoms with Crippen LogP contribution in [0.25, 0.3) is 0 Å². The number of benzene rings is 2. The molecular weight excluding hydrogens is 636 g/mol. The Hall–Kier alpha value is -2.57. The highest BCUT2D eigenvalue weighted by atomic mass is 35.5. The number of nitrogens with zero attached hydrogens (tertiary/aromatic N) is 1. The van der Waals surface area contributed by atoms with Gasteiger partial charge in [0.1, 0.15) is 16.8 Å². The first-order chi connectivity index (χ1) is 23.0. The largest absolute Gasteiger partial charge is 0.454 e. The summed E-state index contributed by atoms with van der Waals surface area (Å²) < 4.78 is 25.3. The molecule has 1 heterocycles. The van der Waals surface area contributed by atoms with Gasteiger partial charge in [0.25, 0.3) is 5.91 Å². The van der Waals surface area contributed by atoms with Crippen molar-refractivity contribution in [3.05, 3.63) is 64.7 Å². The Bertz CT molecular complexity index is 1640. The average Bonchev–Trinajstić information content (AvgIpc) is 3.51. The van der Waals surface area contributed by atoms with Crippen LogP contribution in [-0.2, 0) is 18.9 Å². The molecule has 258 valence electrons. The number of hydrogen-bond donors (Lipinski definition) is 3. The van der Waals surface area contributed by atoms with Gasteiger partial charge in [-0.3, -0.25) is 9.69 Å². The standard InChI is InChI=1S/C37H45ClN2O8/c1-5-40-19-34(48-33(42)22-11-6-7-12-25(22)39-32(41)20-9-8-10-21(38)15-20)14-13-29(46-3)36-27(34)17-24(30(36)40)35(43)18-26(45-2)23-16-28(36)37(35,44)31(23)47-4/h6-12,15,23-24,26-31,43-44H,5,13-14,16-19H2,1-4H3,(H,39,41)/t23-,24+,26+,27-,28+,29+,30?,31+,34-,35+,36+,37+/m1/s1. The van der Waals surface area contributed by atoms with Crippen molar-refractivity contribution in [3.8, 4) is 0 Å². The Morgan fingerprint density at radius 2 is 1.81 bits per heavy atom. The highest BCUT2D eigenvalue weighted by Gasteiger charge is 2.89. The molecule has 6 fully saturated rings. The molecule has 0 radical (unpaired) electrons. The molecule has 1 aliphatic heterocycles. The van der Waals surface area contributed by atoms with Crippen LogP contribution in [0, 0.1) is 29.1 Å². The summed E-state index contributed by atoms with van der Waals surface area (Å²) in [4.78, 5) is 30.0. The first-order valence-corrected chi connectivity index (χ1v) is 17.6. The monoisotopic (exact) mass is 680 g/mol. The van der Waals surface area contributed by atoms with E-state index in [0.29, 0.717) is 61.5 Å². The Morgan fingerprint density at radius 3 is 2.52 bits per heavy atom. The molecule has 6 aliphatic rings. The summed E-state index contributed by atoms with van der Waals surface area (Å²) in [6.45, 7) is 3.31. The van der Waals surface area contributed by atoms with Gasteiger partial charge < -0.3 is 34.5 Å². The Labute approximate surface area is 286 Å². The summed E-state index contributed by atoms with van der Waals surface area (Å²) in [5, 5.41) is 29.2. The normalized spacial score (nSPS) is 43.6. The third kappa shape index (κ3) is 3.96. The molecule has 2 aromatic carbocycles. The van der Waals surface area contributed by atoms with Gasteiger partial charge >= 0.3 is 5.97 Å². The molecular formula is C37H45ClN2O8. The quantitative estimate of drug-likeness (QED) is 0.352. The number of nitrogens with one attached hydrogen (secondary N) is 1. The smallest absolute Gasteiger partial charge is 0.340 e. The number of fused-ring (bicyclic) bond motifs is 2. The minimum atomic E-state index is -1.50. The van der Waals surface area contributed by atoms with E-state index in [4.69, 9.17) is 30.5 Å². The van der Waals surface area contributed by atoms with E-state index < -0.39 is 34.3 Å². The number of aliphatic hydroxyl groups is 2. The Kier molecular flexibility index (Phi) is 7.62. The molecule has 48 heavy (non-hydrogen) atoms. The third-order valence-corrected chi connectivity index (χ3v) is 13.9. The molecule has 5 saturated carbocycles. The molecule has 11 heteroatoms. The van der Waals surface area contributed by atoms with Gasteiger partial charge in [-0.1, -0.05) is 36.7 Å². The highest BCUT2D eigenvalue weighted by Crippen LogP contribution is 2.79. The molecule has 7 bridgehead atoms. The maximum Gasteiger partial charge on any atom is 0.340 e. The van der Waals surface area contributed by atoms with E-state index in [1.54, 1.807) is 69.9 Å². The molecule has 1 saturated heterocycles. The summed E-state index contributed by atoms with van der Waals surface area (Å²) in [6, 6.07) is 13.5. The number of carbonyl (C=O) groups is 2. The van der Waals surface area contributed by atoms with Crippen LogP contribution in [0.2, 0.25) is 5.02 Å². The molecule has 1 spiro atoms. The fraction of sp³-hybridized carbons (Fsp3) is 0.622.